The highest BCUT2D eigenvalue weighted by atomic mass is 16.2. The number of nitrogen functional groups attached to an aromatic ring is 1. The van der Waals surface area contributed by atoms with Gasteiger partial charge in [0.05, 0.1) is 5.52 Å². The Morgan fingerprint density at radius 1 is 1.33 bits per heavy atom. The molecule has 1 aliphatic heterocycles. The second-order valence-electron chi connectivity index (χ2n) is 5.96. The average Bonchev–Trinajstić information content (AvgIpc) is 2.66. The number of fused-ring (bicyclic) bond motifs is 1. The lowest BCUT2D eigenvalue weighted by Crippen LogP contribution is -2.29. The van der Waals surface area contributed by atoms with Crippen LogP contribution in [0.3, 0.4) is 0 Å². The van der Waals surface area contributed by atoms with Crippen molar-refractivity contribution < 1.29 is 4.79 Å². The number of anilines is 1. The van der Waals surface area contributed by atoms with Crippen molar-refractivity contribution in [2.45, 2.75) is 32.7 Å². The topological polar surface area (TPSA) is 59.2 Å². The van der Waals surface area contributed by atoms with Crippen LogP contribution in [0, 0.1) is 5.92 Å². The van der Waals surface area contributed by atoms with Gasteiger partial charge in [0.25, 0.3) is 0 Å². The quantitative estimate of drug-likeness (QED) is 0.862. The smallest absolute Gasteiger partial charge is 0.222 e. The highest BCUT2D eigenvalue weighted by Crippen LogP contribution is 2.25. The number of benzene rings is 1. The van der Waals surface area contributed by atoms with E-state index in [9.17, 15) is 4.79 Å². The molecule has 2 heterocycles. The minimum absolute atomic E-state index is 0.250. The van der Waals surface area contributed by atoms with Crippen LogP contribution < -0.4 is 5.73 Å². The third-order valence-electron chi connectivity index (χ3n) is 4.34. The summed E-state index contributed by atoms with van der Waals surface area (Å²) in [6.07, 6.45) is 4.50. The summed E-state index contributed by atoms with van der Waals surface area (Å²) in [4.78, 5) is 18.7. The zero-order valence-corrected chi connectivity index (χ0v) is 12.4. The molecule has 2 N–H and O–H groups in total. The Hall–Kier alpha value is -2.10. The first-order valence-electron chi connectivity index (χ1n) is 7.55. The van der Waals surface area contributed by atoms with Crippen molar-refractivity contribution in [3.05, 3.63) is 36.0 Å². The summed E-state index contributed by atoms with van der Waals surface area (Å²) in [7, 11) is 0. The fourth-order valence-electron chi connectivity index (χ4n) is 2.93. The molecule has 0 aliphatic carbocycles. The van der Waals surface area contributed by atoms with Crippen molar-refractivity contribution >= 4 is 22.5 Å². The molecule has 110 valence electrons. The predicted octanol–water partition coefficient (Wildman–Crippen LogP) is 2.97. The summed E-state index contributed by atoms with van der Waals surface area (Å²) in [5, 5.41) is 0.964. The molecule has 0 spiro atoms. The number of carbonyl (C=O) groups is 1. The minimum Gasteiger partial charge on any atom is -0.398 e. The van der Waals surface area contributed by atoms with E-state index < -0.39 is 0 Å². The molecule has 1 aliphatic rings. The number of nitrogens with zero attached hydrogens (tertiary/aromatic N) is 2. The number of hydrogen-bond acceptors (Lipinski definition) is 3. The maximum atomic E-state index is 12.2. The van der Waals surface area contributed by atoms with E-state index in [2.05, 4.69) is 11.9 Å². The SMILES string of the molecule is CC1CCC(=O)N(Cc2ccc(N)c3cccnc23)CC1. The van der Waals surface area contributed by atoms with Gasteiger partial charge in [-0.3, -0.25) is 9.78 Å². The highest BCUT2D eigenvalue weighted by molar-refractivity contribution is 5.92. The Bertz CT molecular complexity index is 668. The zero-order chi connectivity index (χ0) is 14.8. The van der Waals surface area contributed by atoms with E-state index in [0.29, 0.717) is 18.9 Å². The van der Waals surface area contributed by atoms with Crippen LogP contribution >= 0.6 is 0 Å². The second kappa shape index (κ2) is 5.72. The number of nitrogens with two attached hydrogens (primary N) is 1. The lowest BCUT2D eigenvalue weighted by atomic mass is 10.0. The number of pyridine rings is 1. The van der Waals surface area contributed by atoms with E-state index in [1.54, 1.807) is 6.20 Å². The van der Waals surface area contributed by atoms with E-state index >= 15 is 0 Å². The van der Waals surface area contributed by atoms with Crippen LogP contribution in [0.5, 0.6) is 0 Å². The number of aromatic nitrogens is 1. The monoisotopic (exact) mass is 283 g/mol. The van der Waals surface area contributed by atoms with Crippen molar-refractivity contribution in [3.63, 3.8) is 0 Å². The van der Waals surface area contributed by atoms with Crippen LogP contribution in [0.4, 0.5) is 5.69 Å². The minimum atomic E-state index is 0.250. The molecule has 4 heteroatoms. The van der Waals surface area contributed by atoms with Gasteiger partial charge in [0.15, 0.2) is 0 Å². The number of amides is 1. The lowest BCUT2D eigenvalue weighted by molar-refractivity contribution is -0.131. The molecule has 3 rings (SSSR count). The number of rotatable bonds is 2. The van der Waals surface area contributed by atoms with Crippen LogP contribution in [0.2, 0.25) is 0 Å². The van der Waals surface area contributed by atoms with Gasteiger partial charge in [-0.15, -0.1) is 0 Å². The highest BCUT2D eigenvalue weighted by Gasteiger charge is 2.21. The van der Waals surface area contributed by atoms with Crippen molar-refractivity contribution in [2.24, 2.45) is 5.92 Å². The van der Waals surface area contributed by atoms with E-state index in [1.165, 1.54) is 0 Å². The first-order chi connectivity index (χ1) is 10.1. The van der Waals surface area contributed by atoms with Crippen molar-refractivity contribution in [1.29, 1.82) is 0 Å². The molecule has 1 saturated heterocycles. The third-order valence-corrected chi connectivity index (χ3v) is 4.34. The van der Waals surface area contributed by atoms with Gasteiger partial charge >= 0.3 is 0 Å². The molecule has 4 nitrogen and oxygen atoms in total. The summed E-state index contributed by atoms with van der Waals surface area (Å²) in [6.45, 7) is 3.68. The lowest BCUT2D eigenvalue weighted by Gasteiger charge is -2.21. The number of hydrogen-bond donors (Lipinski definition) is 1. The molecule has 21 heavy (non-hydrogen) atoms. The van der Waals surface area contributed by atoms with Crippen LogP contribution in [0.15, 0.2) is 30.5 Å². The van der Waals surface area contributed by atoms with E-state index in [0.717, 1.165) is 41.5 Å². The molecule has 1 fully saturated rings. The first-order valence-corrected chi connectivity index (χ1v) is 7.55. The summed E-state index contributed by atoms with van der Waals surface area (Å²) < 4.78 is 0. The molecule has 0 bridgehead atoms. The van der Waals surface area contributed by atoms with Crippen LogP contribution in [0.25, 0.3) is 10.9 Å². The van der Waals surface area contributed by atoms with Gasteiger partial charge in [-0.1, -0.05) is 13.0 Å². The molecule has 0 radical (unpaired) electrons. The zero-order valence-electron chi connectivity index (χ0n) is 12.4. The summed E-state index contributed by atoms with van der Waals surface area (Å²) in [6, 6.07) is 7.77. The molecule has 2 aromatic rings. The Morgan fingerprint density at radius 3 is 3.05 bits per heavy atom. The Labute approximate surface area is 125 Å². The van der Waals surface area contributed by atoms with Crippen LogP contribution in [-0.4, -0.2) is 22.3 Å². The Morgan fingerprint density at radius 2 is 2.19 bits per heavy atom. The third kappa shape index (κ3) is 2.84. The molecule has 0 saturated carbocycles. The average molecular weight is 283 g/mol. The molecule has 1 atom stereocenters. The van der Waals surface area contributed by atoms with Gasteiger partial charge < -0.3 is 10.6 Å². The maximum Gasteiger partial charge on any atom is 0.222 e. The molecule has 1 unspecified atom stereocenters. The van der Waals surface area contributed by atoms with Gasteiger partial charge in [-0.25, -0.2) is 0 Å². The maximum absolute atomic E-state index is 12.2. The summed E-state index contributed by atoms with van der Waals surface area (Å²) >= 11 is 0. The molecular formula is C17H21N3O. The van der Waals surface area contributed by atoms with Crippen LogP contribution in [-0.2, 0) is 11.3 Å². The van der Waals surface area contributed by atoms with E-state index in [4.69, 9.17) is 5.73 Å². The fraction of sp³-hybridized carbons (Fsp3) is 0.412. The van der Waals surface area contributed by atoms with Crippen molar-refractivity contribution in [2.75, 3.05) is 12.3 Å². The Balaban J connectivity index is 1.91. The van der Waals surface area contributed by atoms with E-state index in [1.807, 2.05) is 29.2 Å². The van der Waals surface area contributed by atoms with Gasteiger partial charge in [0.1, 0.15) is 0 Å². The van der Waals surface area contributed by atoms with Crippen molar-refractivity contribution in [1.82, 2.24) is 9.88 Å². The van der Waals surface area contributed by atoms with Gasteiger partial charge in [0.2, 0.25) is 5.91 Å². The molecule has 1 aromatic carbocycles. The molecular weight excluding hydrogens is 262 g/mol. The normalized spacial score (nSPS) is 19.8. The fourth-order valence-corrected chi connectivity index (χ4v) is 2.93. The predicted molar refractivity (Wildman–Crippen MR) is 84.6 cm³/mol. The molecule has 1 aromatic heterocycles. The second-order valence-corrected chi connectivity index (χ2v) is 5.96. The number of carbonyl (C=O) groups excluding carboxylic acids is 1. The van der Waals surface area contributed by atoms with Gasteiger partial charge in [-0.05, 0) is 42.5 Å². The number of likely N-dealkylation sites (tertiary alicyclic amines) is 1. The van der Waals surface area contributed by atoms with Crippen LogP contribution in [0.1, 0.15) is 31.7 Å². The van der Waals surface area contributed by atoms with Gasteiger partial charge in [-0.2, -0.15) is 0 Å². The largest absolute Gasteiger partial charge is 0.398 e. The first kappa shape index (κ1) is 13.9. The molecule has 1 amide bonds. The Kier molecular flexibility index (Phi) is 3.78. The van der Waals surface area contributed by atoms with E-state index in [-0.39, 0.29) is 5.91 Å². The van der Waals surface area contributed by atoms with Crippen molar-refractivity contribution in [3.8, 4) is 0 Å². The standard InChI is InChI=1S/C17H21N3O/c1-12-4-7-16(21)20(10-8-12)11-13-5-6-15(18)14-3-2-9-19-17(13)14/h2-3,5-6,9,12H,4,7-8,10-11,18H2,1H3. The summed E-state index contributed by atoms with van der Waals surface area (Å²) in [5.41, 5.74) is 8.72. The summed E-state index contributed by atoms with van der Waals surface area (Å²) in [5.74, 6) is 0.875. The van der Waals surface area contributed by atoms with Gasteiger partial charge in [0, 0.05) is 36.8 Å².